The molecule has 1 aliphatic rings. The topological polar surface area (TPSA) is 60.2 Å². The van der Waals surface area contributed by atoms with Gasteiger partial charge in [0.05, 0.1) is 4.90 Å². The standard InChI is InChI=1S/C11H13NO2S/c1-8-7-15(13,14)11-9(5-6-12)3-2-4-10(8)11/h2-4,7H,5-6,12H2,1H3. The van der Waals surface area contributed by atoms with E-state index in [4.69, 9.17) is 5.73 Å². The zero-order valence-corrected chi connectivity index (χ0v) is 9.34. The minimum atomic E-state index is -3.23. The Labute approximate surface area is 89.5 Å². The third-order valence-electron chi connectivity index (χ3n) is 2.55. The summed E-state index contributed by atoms with van der Waals surface area (Å²) in [5, 5.41) is 1.33. The van der Waals surface area contributed by atoms with Crippen molar-refractivity contribution in [3.8, 4) is 0 Å². The van der Waals surface area contributed by atoms with Gasteiger partial charge in [0.15, 0.2) is 0 Å². The lowest BCUT2D eigenvalue weighted by Gasteiger charge is -2.06. The highest BCUT2D eigenvalue weighted by Gasteiger charge is 2.26. The highest BCUT2D eigenvalue weighted by atomic mass is 32.2. The summed E-state index contributed by atoms with van der Waals surface area (Å²) < 4.78 is 23.7. The van der Waals surface area contributed by atoms with Crippen molar-refractivity contribution in [3.05, 3.63) is 34.7 Å². The molecular formula is C11H13NO2S. The number of hydrogen-bond acceptors (Lipinski definition) is 3. The fourth-order valence-electron chi connectivity index (χ4n) is 1.94. The smallest absolute Gasteiger partial charge is 0.200 e. The fourth-order valence-corrected chi connectivity index (χ4v) is 3.72. The third kappa shape index (κ3) is 1.60. The third-order valence-corrected chi connectivity index (χ3v) is 4.27. The second-order valence-corrected chi connectivity index (χ2v) is 5.41. The van der Waals surface area contributed by atoms with Gasteiger partial charge in [0.1, 0.15) is 0 Å². The molecule has 2 rings (SSSR count). The van der Waals surface area contributed by atoms with Crippen LogP contribution in [0.4, 0.5) is 0 Å². The molecule has 0 atom stereocenters. The Morgan fingerprint density at radius 2 is 2.07 bits per heavy atom. The predicted molar refractivity (Wildman–Crippen MR) is 60.0 cm³/mol. The molecule has 80 valence electrons. The number of allylic oxidation sites excluding steroid dienone is 1. The molecule has 0 spiro atoms. The molecule has 4 heteroatoms. The molecule has 0 amide bonds. The number of rotatable bonds is 2. The minimum absolute atomic E-state index is 0.452. The monoisotopic (exact) mass is 223 g/mol. The van der Waals surface area contributed by atoms with Crippen LogP contribution in [0.2, 0.25) is 0 Å². The van der Waals surface area contributed by atoms with Crippen molar-refractivity contribution >= 4 is 15.4 Å². The molecule has 3 nitrogen and oxygen atoms in total. The van der Waals surface area contributed by atoms with Crippen LogP contribution in [0.3, 0.4) is 0 Å². The maximum absolute atomic E-state index is 11.8. The summed E-state index contributed by atoms with van der Waals surface area (Å²) in [4.78, 5) is 0.452. The van der Waals surface area contributed by atoms with Crippen molar-refractivity contribution in [3.63, 3.8) is 0 Å². The SMILES string of the molecule is CC1=CS(=O)(=O)c2c(CCN)cccc21. The van der Waals surface area contributed by atoms with Gasteiger partial charge in [-0.15, -0.1) is 0 Å². The van der Waals surface area contributed by atoms with Gasteiger partial charge < -0.3 is 5.73 Å². The van der Waals surface area contributed by atoms with E-state index in [-0.39, 0.29) is 0 Å². The van der Waals surface area contributed by atoms with E-state index < -0.39 is 9.84 Å². The van der Waals surface area contributed by atoms with E-state index >= 15 is 0 Å². The lowest BCUT2D eigenvalue weighted by Crippen LogP contribution is -2.07. The van der Waals surface area contributed by atoms with Crippen LogP contribution in [-0.4, -0.2) is 15.0 Å². The van der Waals surface area contributed by atoms with Gasteiger partial charge in [0, 0.05) is 5.41 Å². The van der Waals surface area contributed by atoms with Crippen molar-refractivity contribution in [1.82, 2.24) is 0 Å². The van der Waals surface area contributed by atoms with Gasteiger partial charge >= 0.3 is 0 Å². The van der Waals surface area contributed by atoms with E-state index in [0.29, 0.717) is 17.9 Å². The first-order valence-electron chi connectivity index (χ1n) is 4.82. The van der Waals surface area contributed by atoms with Gasteiger partial charge in [0.25, 0.3) is 0 Å². The van der Waals surface area contributed by atoms with E-state index in [2.05, 4.69) is 0 Å². The lowest BCUT2D eigenvalue weighted by atomic mass is 10.0. The molecule has 0 aliphatic carbocycles. The minimum Gasteiger partial charge on any atom is -0.330 e. The zero-order valence-electron chi connectivity index (χ0n) is 8.53. The maximum atomic E-state index is 11.8. The van der Waals surface area contributed by atoms with Crippen LogP contribution in [0.5, 0.6) is 0 Å². The van der Waals surface area contributed by atoms with Crippen molar-refractivity contribution in [1.29, 1.82) is 0 Å². The summed E-state index contributed by atoms with van der Waals surface area (Å²) in [6.07, 6.45) is 0.601. The number of hydrogen-bond donors (Lipinski definition) is 1. The predicted octanol–water partition coefficient (Wildman–Crippen LogP) is 1.34. The van der Waals surface area contributed by atoms with E-state index in [1.807, 2.05) is 25.1 Å². The largest absolute Gasteiger partial charge is 0.330 e. The second kappa shape index (κ2) is 3.47. The molecule has 0 saturated carbocycles. The van der Waals surface area contributed by atoms with Gasteiger partial charge in [0.2, 0.25) is 9.84 Å². The average Bonchev–Trinajstić information content (AvgIpc) is 2.39. The Kier molecular flexibility index (Phi) is 2.40. The van der Waals surface area contributed by atoms with Crippen molar-refractivity contribution in [2.45, 2.75) is 18.2 Å². The van der Waals surface area contributed by atoms with Crippen molar-refractivity contribution < 1.29 is 8.42 Å². The first-order chi connectivity index (χ1) is 7.06. The van der Waals surface area contributed by atoms with Crippen LogP contribution in [0.1, 0.15) is 18.1 Å². The maximum Gasteiger partial charge on any atom is 0.200 e. The summed E-state index contributed by atoms with van der Waals surface area (Å²) in [6.45, 7) is 2.28. The molecule has 0 bridgehead atoms. The highest BCUT2D eigenvalue weighted by Crippen LogP contribution is 2.35. The van der Waals surface area contributed by atoms with Crippen LogP contribution >= 0.6 is 0 Å². The van der Waals surface area contributed by atoms with Gasteiger partial charge in [-0.3, -0.25) is 0 Å². The molecule has 2 N–H and O–H groups in total. The Hall–Kier alpha value is -1.13. The van der Waals surface area contributed by atoms with E-state index in [1.54, 1.807) is 0 Å². The van der Waals surface area contributed by atoms with E-state index in [9.17, 15) is 8.42 Å². The van der Waals surface area contributed by atoms with Crippen LogP contribution in [0, 0.1) is 0 Å². The van der Waals surface area contributed by atoms with Crippen LogP contribution in [-0.2, 0) is 16.3 Å². The Bertz CT molecular complexity index is 530. The van der Waals surface area contributed by atoms with Crippen LogP contribution < -0.4 is 5.73 Å². The highest BCUT2D eigenvalue weighted by molar-refractivity contribution is 7.95. The zero-order chi connectivity index (χ0) is 11.1. The van der Waals surface area contributed by atoms with Crippen LogP contribution in [0.15, 0.2) is 28.5 Å². The summed E-state index contributed by atoms with van der Waals surface area (Å²) >= 11 is 0. The normalized spacial score (nSPS) is 17.3. The summed E-state index contributed by atoms with van der Waals surface area (Å²) in [6, 6.07) is 5.55. The molecule has 1 aromatic rings. The molecule has 1 aromatic carbocycles. The van der Waals surface area contributed by atoms with Gasteiger partial charge in [-0.05, 0) is 36.6 Å². The molecule has 1 aliphatic heterocycles. The van der Waals surface area contributed by atoms with Crippen molar-refractivity contribution in [2.75, 3.05) is 6.54 Å². The van der Waals surface area contributed by atoms with Gasteiger partial charge in [-0.25, -0.2) is 8.42 Å². The number of sulfone groups is 1. The summed E-state index contributed by atoms with van der Waals surface area (Å²) in [7, 11) is -3.23. The van der Waals surface area contributed by atoms with E-state index in [0.717, 1.165) is 16.7 Å². The Balaban J connectivity index is 2.70. The molecule has 0 saturated heterocycles. The average molecular weight is 223 g/mol. The molecule has 1 heterocycles. The van der Waals surface area contributed by atoms with Gasteiger partial charge in [-0.1, -0.05) is 18.2 Å². The van der Waals surface area contributed by atoms with Gasteiger partial charge in [-0.2, -0.15) is 0 Å². The molecular weight excluding hydrogens is 210 g/mol. The fraction of sp³-hybridized carbons (Fsp3) is 0.273. The molecule has 0 fully saturated rings. The Morgan fingerprint density at radius 1 is 1.33 bits per heavy atom. The molecule has 0 radical (unpaired) electrons. The first-order valence-corrected chi connectivity index (χ1v) is 6.36. The molecule has 0 unspecified atom stereocenters. The van der Waals surface area contributed by atoms with Crippen molar-refractivity contribution in [2.24, 2.45) is 5.73 Å². The second-order valence-electron chi connectivity index (χ2n) is 3.68. The summed E-state index contributed by atoms with van der Waals surface area (Å²) in [5.74, 6) is 0. The first kappa shape index (κ1) is 10.4. The molecule has 15 heavy (non-hydrogen) atoms. The van der Waals surface area contributed by atoms with E-state index in [1.165, 1.54) is 5.41 Å². The summed E-state index contributed by atoms with van der Waals surface area (Å²) in [5.41, 5.74) is 7.92. The number of benzene rings is 1. The lowest BCUT2D eigenvalue weighted by molar-refractivity contribution is 0.604. The quantitative estimate of drug-likeness (QED) is 0.823. The Morgan fingerprint density at radius 3 is 2.73 bits per heavy atom. The van der Waals surface area contributed by atoms with Crippen LogP contribution in [0.25, 0.3) is 5.57 Å². The number of fused-ring (bicyclic) bond motifs is 1. The number of nitrogens with two attached hydrogens (primary N) is 1. The molecule has 0 aromatic heterocycles.